The molecule has 0 radical (unpaired) electrons. The van der Waals surface area contributed by atoms with Gasteiger partial charge in [0.1, 0.15) is 23.3 Å². The highest BCUT2D eigenvalue weighted by Crippen LogP contribution is 2.31. The van der Waals surface area contributed by atoms with E-state index in [1.807, 2.05) is 24.3 Å². The summed E-state index contributed by atoms with van der Waals surface area (Å²) in [6.07, 6.45) is 4.57. The molecule has 5 rings (SSSR count). The van der Waals surface area contributed by atoms with Crippen molar-refractivity contribution in [1.29, 1.82) is 5.26 Å². The number of anilines is 4. The quantitative estimate of drug-likeness (QED) is 0.611. The van der Waals surface area contributed by atoms with Crippen LogP contribution in [-0.4, -0.2) is 44.8 Å². The fourth-order valence-electron chi connectivity index (χ4n) is 4.20. The van der Waals surface area contributed by atoms with Crippen molar-refractivity contribution in [3.63, 3.8) is 0 Å². The van der Waals surface area contributed by atoms with Crippen LogP contribution in [0.2, 0.25) is 0 Å². The summed E-state index contributed by atoms with van der Waals surface area (Å²) >= 11 is 0. The van der Waals surface area contributed by atoms with E-state index >= 15 is 0 Å². The molecule has 0 aliphatic carbocycles. The lowest BCUT2D eigenvalue weighted by Gasteiger charge is -2.25. The van der Waals surface area contributed by atoms with Crippen LogP contribution in [0.4, 0.5) is 23.0 Å². The van der Waals surface area contributed by atoms with Gasteiger partial charge in [-0.05, 0) is 43.0 Å². The van der Waals surface area contributed by atoms with Gasteiger partial charge in [0.25, 0.3) is 0 Å². The molecule has 1 amide bonds. The van der Waals surface area contributed by atoms with Gasteiger partial charge < -0.3 is 20.6 Å². The number of nitriles is 1. The number of nitrogens with one attached hydrogen (secondary N) is 2. The number of carbonyl (C=O) groups is 1. The third-order valence-electron chi connectivity index (χ3n) is 5.73. The second-order valence-corrected chi connectivity index (χ2v) is 7.62. The van der Waals surface area contributed by atoms with Crippen molar-refractivity contribution in [3.8, 4) is 6.07 Å². The van der Waals surface area contributed by atoms with Gasteiger partial charge in [-0.1, -0.05) is 0 Å². The Morgan fingerprint density at radius 3 is 3.07 bits per heavy atom. The van der Waals surface area contributed by atoms with Crippen LogP contribution < -0.4 is 15.5 Å². The van der Waals surface area contributed by atoms with Crippen molar-refractivity contribution in [2.24, 2.45) is 0 Å². The number of fused-ring (bicyclic) bond motifs is 2. The van der Waals surface area contributed by atoms with Crippen molar-refractivity contribution in [1.82, 2.24) is 14.6 Å². The number of rotatable bonds is 4. The zero-order valence-corrected chi connectivity index (χ0v) is 16.3. The molecule has 0 bridgehead atoms. The summed E-state index contributed by atoms with van der Waals surface area (Å²) in [6.45, 7) is 0.874. The first-order valence-electron chi connectivity index (χ1n) is 10.0. The van der Waals surface area contributed by atoms with Crippen molar-refractivity contribution < 1.29 is 9.90 Å². The Morgan fingerprint density at radius 1 is 1.33 bits per heavy atom. The molecule has 152 valence electrons. The van der Waals surface area contributed by atoms with E-state index in [0.717, 1.165) is 36.3 Å². The fraction of sp³-hybridized carbons (Fsp3) is 0.333. The van der Waals surface area contributed by atoms with E-state index in [-0.39, 0.29) is 18.6 Å². The van der Waals surface area contributed by atoms with E-state index in [0.29, 0.717) is 35.7 Å². The minimum Gasteiger partial charge on any atom is -0.394 e. The Bertz CT molecular complexity index is 1180. The highest BCUT2D eigenvalue weighted by molar-refractivity contribution is 5.94. The number of nitrogens with zero attached hydrogens (tertiary/aromatic N) is 5. The summed E-state index contributed by atoms with van der Waals surface area (Å²) in [6, 6.07) is 9.87. The monoisotopic (exact) mass is 403 g/mol. The summed E-state index contributed by atoms with van der Waals surface area (Å²) in [5.74, 6) is 1.43. The number of aliphatic hydroxyl groups is 1. The van der Waals surface area contributed by atoms with Crippen LogP contribution in [0.5, 0.6) is 0 Å². The summed E-state index contributed by atoms with van der Waals surface area (Å²) in [5, 5.41) is 29.8. The number of aromatic nitrogens is 3. The van der Waals surface area contributed by atoms with Gasteiger partial charge in [-0.3, -0.25) is 4.79 Å². The predicted octanol–water partition coefficient (Wildman–Crippen LogP) is 2.19. The lowest BCUT2D eigenvalue weighted by Crippen LogP contribution is -2.33. The molecule has 0 saturated carbocycles. The third-order valence-corrected chi connectivity index (χ3v) is 5.73. The van der Waals surface area contributed by atoms with E-state index < -0.39 is 0 Å². The van der Waals surface area contributed by atoms with E-state index in [1.54, 1.807) is 4.52 Å². The van der Waals surface area contributed by atoms with Gasteiger partial charge in [0, 0.05) is 30.4 Å². The second-order valence-electron chi connectivity index (χ2n) is 7.62. The molecule has 3 N–H and O–H groups in total. The molecule has 1 aromatic carbocycles. The van der Waals surface area contributed by atoms with Gasteiger partial charge in [0.15, 0.2) is 5.65 Å². The molecule has 9 nitrogen and oxygen atoms in total. The Morgan fingerprint density at radius 2 is 2.23 bits per heavy atom. The number of hydrogen-bond acceptors (Lipinski definition) is 7. The normalized spacial score (nSPS) is 18.2. The molecule has 4 heterocycles. The maximum absolute atomic E-state index is 11.6. The lowest BCUT2D eigenvalue weighted by atomic mass is 10.0. The number of aryl methyl sites for hydroxylation is 1. The summed E-state index contributed by atoms with van der Waals surface area (Å²) in [7, 11) is 0. The first kappa shape index (κ1) is 18.4. The lowest BCUT2D eigenvalue weighted by molar-refractivity contribution is -0.116. The molecule has 2 aliphatic heterocycles. The Hall–Kier alpha value is -3.64. The number of aliphatic hydroxyl groups excluding tert-OH is 1. The number of carbonyl (C=O) groups excluding carboxylic acids is 1. The molecule has 0 unspecified atom stereocenters. The first-order valence-corrected chi connectivity index (χ1v) is 10.0. The highest BCUT2D eigenvalue weighted by Gasteiger charge is 2.26. The van der Waals surface area contributed by atoms with Gasteiger partial charge in [-0.25, -0.2) is 4.98 Å². The zero-order chi connectivity index (χ0) is 20.7. The summed E-state index contributed by atoms with van der Waals surface area (Å²) < 4.78 is 1.62. The molecule has 1 atom stereocenters. The number of amides is 1. The molecule has 2 aromatic heterocycles. The van der Waals surface area contributed by atoms with Crippen molar-refractivity contribution in [2.45, 2.75) is 31.7 Å². The third kappa shape index (κ3) is 3.11. The predicted molar refractivity (Wildman–Crippen MR) is 112 cm³/mol. The summed E-state index contributed by atoms with van der Waals surface area (Å²) in [4.78, 5) is 18.4. The minimum absolute atomic E-state index is 0.0219. The number of hydrogen-bond donors (Lipinski definition) is 3. The molecule has 1 saturated heterocycles. The van der Waals surface area contributed by atoms with Crippen LogP contribution in [0.1, 0.15) is 30.4 Å². The van der Waals surface area contributed by atoms with E-state index in [9.17, 15) is 15.2 Å². The van der Waals surface area contributed by atoms with Crippen molar-refractivity contribution in [2.75, 3.05) is 28.7 Å². The molecular weight excluding hydrogens is 382 g/mol. The van der Waals surface area contributed by atoms with Crippen LogP contribution in [0, 0.1) is 11.3 Å². The average Bonchev–Trinajstić information content (AvgIpc) is 3.40. The molecule has 30 heavy (non-hydrogen) atoms. The van der Waals surface area contributed by atoms with Gasteiger partial charge in [-0.2, -0.15) is 14.9 Å². The van der Waals surface area contributed by atoms with E-state index in [1.165, 1.54) is 6.20 Å². The maximum Gasteiger partial charge on any atom is 0.224 e. The van der Waals surface area contributed by atoms with Crippen LogP contribution in [0.3, 0.4) is 0 Å². The Labute approximate surface area is 172 Å². The van der Waals surface area contributed by atoms with Gasteiger partial charge in [0.2, 0.25) is 5.91 Å². The van der Waals surface area contributed by atoms with Crippen molar-refractivity contribution >= 4 is 34.6 Å². The fourth-order valence-corrected chi connectivity index (χ4v) is 4.20. The number of benzene rings is 1. The highest BCUT2D eigenvalue weighted by atomic mass is 16.3. The summed E-state index contributed by atoms with van der Waals surface area (Å²) in [5.41, 5.74) is 3.64. The van der Waals surface area contributed by atoms with Crippen LogP contribution in [0.25, 0.3) is 5.65 Å². The molecule has 9 heteroatoms. The van der Waals surface area contributed by atoms with Crippen LogP contribution in [-0.2, 0) is 11.2 Å². The molecular formula is C21H21N7O2. The van der Waals surface area contributed by atoms with E-state index in [2.05, 4.69) is 31.7 Å². The maximum atomic E-state index is 11.6. The van der Waals surface area contributed by atoms with Gasteiger partial charge in [0.05, 0.1) is 18.8 Å². The van der Waals surface area contributed by atoms with Gasteiger partial charge >= 0.3 is 0 Å². The molecule has 1 fully saturated rings. The SMILES string of the molecule is N#Cc1cnn2c(Nc3ccc4c(c3)CCC(=O)N4)cc(N3CCC[C@H]3CO)nc12. The second kappa shape index (κ2) is 7.31. The molecule has 0 spiro atoms. The smallest absolute Gasteiger partial charge is 0.224 e. The largest absolute Gasteiger partial charge is 0.394 e. The van der Waals surface area contributed by atoms with Gasteiger partial charge in [-0.15, -0.1) is 0 Å². The molecule has 2 aliphatic rings. The molecule has 3 aromatic rings. The van der Waals surface area contributed by atoms with Crippen molar-refractivity contribution in [3.05, 3.63) is 41.6 Å². The van der Waals surface area contributed by atoms with Crippen LogP contribution >= 0.6 is 0 Å². The Balaban J connectivity index is 1.56. The zero-order valence-electron chi connectivity index (χ0n) is 16.3. The van der Waals surface area contributed by atoms with E-state index in [4.69, 9.17) is 0 Å². The average molecular weight is 403 g/mol. The Kier molecular flexibility index (Phi) is 4.48. The topological polar surface area (TPSA) is 119 Å². The minimum atomic E-state index is 0.0219. The van der Waals surface area contributed by atoms with Crippen LogP contribution in [0.15, 0.2) is 30.5 Å². The first-order chi connectivity index (χ1) is 14.7. The standard InChI is InChI=1S/C21H21N7O2/c22-10-14-11-23-28-19(9-18(26-21(14)28)27-7-1-2-16(27)12-29)24-15-4-5-17-13(8-15)3-6-20(30)25-17/h4-5,8-9,11,16,24,29H,1-3,6-7,12H2,(H,25,30)/t16-/m0/s1.